The number of hydrogen-bond donors (Lipinski definition) is 1. The maximum atomic E-state index is 13.6. The summed E-state index contributed by atoms with van der Waals surface area (Å²) in [6, 6.07) is 4.91. The number of aryl methyl sites for hydroxylation is 1. The maximum Gasteiger partial charge on any atom is 0.272 e. The highest BCUT2D eigenvalue weighted by molar-refractivity contribution is 7.91. The Bertz CT molecular complexity index is 1140. The van der Waals surface area contributed by atoms with Crippen LogP contribution in [-0.2, 0) is 9.84 Å². The van der Waals surface area contributed by atoms with Gasteiger partial charge in [-0.25, -0.2) is 17.8 Å². The van der Waals surface area contributed by atoms with E-state index in [4.69, 9.17) is 0 Å². The number of carbonyl (C=O) groups is 1. The predicted molar refractivity (Wildman–Crippen MR) is 120 cm³/mol. The van der Waals surface area contributed by atoms with Crippen LogP contribution in [-0.4, -0.2) is 48.8 Å². The van der Waals surface area contributed by atoms with Crippen molar-refractivity contribution in [2.24, 2.45) is 0 Å². The van der Waals surface area contributed by atoms with Gasteiger partial charge in [-0.05, 0) is 72.9 Å². The highest BCUT2D eigenvalue weighted by atomic mass is 35.5. The first-order chi connectivity index (χ1) is 14.3. The van der Waals surface area contributed by atoms with E-state index < -0.39 is 9.84 Å². The van der Waals surface area contributed by atoms with Crippen LogP contribution in [0.2, 0.25) is 0 Å². The van der Waals surface area contributed by atoms with E-state index in [1.165, 1.54) is 6.07 Å². The highest BCUT2D eigenvalue weighted by Gasteiger charge is 2.42. The Morgan fingerprint density at radius 1 is 1.16 bits per heavy atom. The van der Waals surface area contributed by atoms with Crippen LogP contribution in [0.5, 0.6) is 0 Å². The number of rotatable bonds is 3. The van der Waals surface area contributed by atoms with Gasteiger partial charge in [-0.2, -0.15) is 0 Å². The number of hydrogen-bond acceptors (Lipinski definition) is 5. The number of amides is 1. The molecule has 2 aliphatic carbocycles. The summed E-state index contributed by atoms with van der Waals surface area (Å²) >= 11 is 0. The summed E-state index contributed by atoms with van der Waals surface area (Å²) in [5.41, 5.74) is 4.88. The van der Waals surface area contributed by atoms with E-state index in [0.29, 0.717) is 23.1 Å². The molecule has 166 valence electrons. The monoisotopic (exact) mass is 465 g/mol. The van der Waals surface area contributed by atoms with Crippen molar-refractivity contribution in [3.05, 3.63) is 52.6 Å². The fraction of sp³-hybridized carbons (Fsp3) is 0.455. The third-order valence-electron chi connectivity index (χ3n) is 6.68. The summed E-state index contributed by atoms with van der Waals surface area (Å²) in [5, 5.41) is 3.38. The lowest BCUT2D eigenvalue weighted by atomic mass is 9.89. The highest BCUT2D eigenvalue weighted by Crippen LogP contribution is 2.56. The van der Waals surface area contributed by atoms with Gasteiger partial charge >= 0.3 is 0 Å². The molecule has 1 aromatic heterocycles. The number of sulfone groups is 1. The number of nitrogens with one attached hydrogen (secondary N) is 1. The van der Waals surface area contributed by atoms with Gasteiger partial charge in [-0.3, -0.25) is 4.79 Å². The first-order valence-corrected chi connectivity index (χ1v) is 12.2. The number of anilines is 2. The molecule has 1 saturated carbocycles. The summed E-state index contributed by atoms with van der Waals surface area (Å²) in [5.74, 6) is 0.324. The normalized spacial score (nSPS) is 23.2. The molecular formula is C22H25ClFN3O3S. The number of carbonyl (C=O) groups excluding carboxylic acids is 1. The Kier molecular flexibility index (Phi) is 5.72. The molecule has 2 heterocycles. The molecule has 1 aliphatic heterocycles. The number of halogens is 2. The fourth-order valence-corrected chi connectivity index (χ4v) is 6.31. The van der Waals surface area contributed by atoms with E-state index in [1.54, 1.807) is 30.2 Å². The number of benzene rings is 1. The van der Waals surface area contributed by atoms with Gasteiger partial charge in [0.15, 0.2) is 9.84 Å². The summed E-state index contributed by atoms with van der Waals surface area (Å²) < 4.78 is 37.1. The predicted octanol–water partition coefficient (Wildman–Crippen LogP) is 3.93. The van der Waals surface area contributed by atoms with Crippen LogP contribution in [0, 0.1) is 12.7 Å². The van der Waals surface area contributed by atoms with Crippen LogP contribution in [0.1, 0.15) is 58.3 Å². The minimum Gasteiger partial charge on any atom is -0.354 e. The first kappa shape index (κ1) is 22.0. The number of nitrogens with zero attached hydrogens (tertiary/aromatic N) is 2. The van der Waals surface area contributed by atoms with Crippen LogP contribution < -0.4 is 5.32 Å². The van der Waals surface area contributed by atoms with E-state index in [1.807, 2.05) is 0 Å². The molecule has 2 fully saturated rings. The van der Waals surface area contributed by atoms with Gasteiger partial charge in [0.25, 0.3) is 5.91 Å². The Labute approximate surface area is 187 Å². The van der Waals surface area contributed by atoms with E-state index in [2.05, 4.69) is 10.3 Å². The van der Waals surface area contributed by atoms with Crippen molar-refractivity contribution < 1.29 is 17.6 Å². The van der Waals surface area contributed by atoms with Crippen molar-refractivity contribution in [2.75, 3.05) is 29.9 Å². The van der Waals surface area contributed by atoms with Gasteiger partial charge in [-0.1, -0.05) is 0 Å². The number of aromatic nitrogens is 1. The average molecular weight is 466 g/mol. The Balaban J connectivity index is 0.00000231. The zero-order valence-corrected chi connectivity index (χ0v) is 18.9. The molecule has 1 saturated heterocycles. The van der Waals surface area contributed by atoms with Crippen molar-refractivity contribution in [2.45, 2.75) is 38.0 Å². The molecule has 1 aromatic carbocycles. The fourth-order valence-electron chi connectivity index (χ4n) is 5.11. The molecule has 6 nitrogen and oxygen atoms in total. The van der Waals surface area contributed by atoms with Gasteiger partial charge in [0.05, 0.1) is 23.4 Å². The third kappa shape index (κ3) is 3.91. The molecule has 2 unspecified atom stereocenters. The van der Waals surface area contributed by atoms with Crippen LogP contribution in [0.3, 0.4) is 0 Å². The lowest BCUT2D eigenvalue weighted by molar-refractivity contribution is 0.0762. The van der Waals surface area contributed by atoms with Gasteiger partial charge in [0.1, 0.15) is 11.5 Å². The van der Waals surface area contributed by atoms with Crippen molar-refractivity contribution in [1.29, 1.82) is 0 Å². The molecule has 0 radical (unpaired) electrons. The minimum absolute atomic E-state index is 0. The minimum atomic E-state index is -3.05. The standard InChI is InChI=1S/C22H24FN3O3S.ClH/c1-13-10-16(4-5-17(13)23)25-18-12-24-21(20-15-3-2-14(11-15)19(18)20)22(27)26-6-8-30(28,29)9-7-26;/h4-5,10,12,14-15,25H,2-3,6-9,11H2,1H3;1H. The molecular weight excluding hydrogens is 441 g/mol. The zero-order chi connectivity index (χ0) is 21.0. The summed E-state index contributed by atoms with van der Waals surface area (Å²) in [7, 11) is -3.05. The molecule has 1 amide bonds. The second kappa shape index (κ2) is 8.06. The van der Waals surface area contributed by atoms with Gasteiger partial charge in [0.2, 0.25) is 0 Å². The van der Waals surface area contributed by atoms with Crippen LogP contribution in [0.25, 0.3) is 0 Å². The molecule has 0 spiro atoms. The van der Waals surface area contributed by atoms with Gasteiger partial charge in [0, 0.05) is 18.8 Å². The summed E-state index contributed by atoms with van der Waals surface area (Å²) in [6.07, 6.45) is 4.86. The van der Waals surface area contributed by atoms with Crippen molar-refractivity contribution >= 4 is 39.5 Å². The van der Waals surface area contributed by atoms with Crippen molar-refractivity contribution in [3.63, 3.8) is 0 Å². The smallest absolute Gasteiger partial charge is 0.272 e. The molecule has 2 atom stereocenters. The van der Waals surface area contributed by atoms with Gasteiger partial charge < -0.3 is 10.2 Å². The quantitative estimate of drug-likeness (QED) is 0.743. The Morgan fingerprint density at radius 2 is 1.84 bits per heavy atom. The van der Waals surface area contributed by atoms with Gasteiger partial charge in [-0.15, -0.1) is 12.4 Å². The second-order valence-corrected chi connectivity index (χ2v) is 10.9. The first-order valence-electron chi connectivity index (χ1n) is 10.4. The van der Waals surface area contributed by atoms with E-state index in [-0.39, 0.29) is 48.7 Å². The maximum absolute atomic E-state index is 13.6. The van der Waals surface area contributed by atoms with E-state index in [9.17, 15) is 17.6 Å². The molecule has 3 aliphatic rings. The molecule has 9 heteroatoms. The van der Waals surface area contributed by atoms with E-state index >= 15 is 0 Å². The second-order valence-electron chi connectivity index (χ2n) is 8.59. The lowest BCUT2D eigenvalue weighted by Gasteiger charge is -2.28. The SMILES string of the molecule is Cc1cc(Nc2cnc(C(=O)N3CCS(=O)(=O)CC3)c3c2C2CCC3C2)ccc1F.Cl. The summed E-state index contributed by atoms with van der Waals surface area (Å²) in [4.78, 5) is 19.4. The lowest BCUT2D eigenvalue weighted by Crippen LogP contribution is -2.44. The molecule has 31 heavy (non-hydrogen) atoms. The van der Waals surface area contributed by atoms with Crippen LogP contribution >= 0.6 is 12.4 Å². The van der Waals surface area contributed by atoms with Crippen molar-refractivity contribution in [1.82, 2.24) is 9.88 Å². The largest absolute Gasteiger partial charge is 0.354 e. The van der Waals surface area contributed by atoms with Crippen molar-refractivity contribution in [3.8, 4) is 0 Å². The number of pyridine rings is 1. The summed E-state index contributed by atoms with van der Waals surface area (Å²) in [6.45, 7) is 2.17. The molecule has 2 bridgehead atoms. The zero-order valence-electron chi connectivity index (χ0n) is 17.2. The molecule has 1 N–H and O–H groups in total. The average Bonchev–Trinajstić information content (AvgIpc) is 3.33. The topological polar surface area (TPSA) is 79.4 Å². The van der Waals surface area contributed by atoms with Crippen LogP contribution in [0.4, 0.5) is 15.8 Å². The molecule has 5 rings (SSSR count). The molecule has 2 aromatic rings. The third-order valence-corrected chi connectivity index (χ3v) is 8.29. The van der Waals surface area contributed by atoms with E-state index in [0.717, 1.165) is 41.8 Å². The number of fused-ring (bicyclic) bond motifs is 5. The Hall–Kier alpha value is -2.19. The van der Waals surface area contributed by atoms with Crippen LogP contribution in [0.15, 0.2) is 24.4 Å². The Morgan fingerprint density at radius 3 is 2.52 bits per heavy atom.